The van der Waals surface area contributed by atoms with Gasteiger partial charge >= 0.3 is 0 Å². The van der Waals surface area contributed by atoms with E-state index >= 15 is 0 Å². The van der Waals surface area contributed by atoms with Crippen LogP contribution in [-0.2, 0) is 4.74 Å². The van der Waals surface area contributed by atoms with Gasteiger partial charge in [0, 0.05) is 37.0 Å². The van der Waals surface area contributed by atoms with Gasteiger partial charge in [-0.2, -0.15) is 0 Å². The minimum Gasteiger partial charge on any atom is -0.488 e. The molecule has 7 nitrogen and oxygen atoms in total. The molecule has 1 saturated carbocycles. The van der Waals surface area contributed by atoms with E-state index in [0.717, 1.165) is 68.2 Å². The van der Waals surface area contributed by atoms with Gasteiger partial charge in [-0.1, -0.05) is 0 Å². The number of ether oxygens (including phenoxy) is 2. The molecule has 1 unspecified atom stereocenters. The van der Waals surface area contributed by atoms with Crippen LogP contribution in [0.4, 0.5) is 11.5 Å². The lowest BCUT2D eigenvalue weighted by atomic mass is 9.88. The van der Waals surface area contributed by atoms with Gasteiger partial charge < -0.3 is 25.8 Å². The van der Waals surface area contributed by atoms with Crippen LogP contribution in [0.2, 0.25) is 0 Å². The van der Waals surface area contributed by atoms with Gasteiger partial charge in [0.05, 0.1) is 17.3 Å². The van der Waals surface area contributed by atoms with Gasteiger partial charge in [-0.05, 0) is 63.6 Å². The average molecular weight is 410 g/mol. The highest BCUT2D eigenvalue weighted by Gasteiger charge is 2.40. The molecule has 160 valence electrons. The molecule has 0 radical (unpaired) electrons. The largest absolute Gasteiger partial charge is 0.488 e. The fraction of sp³-hybridized carbons (Fsp3) is 0.565. The monoisotopic (exact) mass is 409 g/mol. The van der Waals surface area contributed by atoms with E-state index in [-0.39, 0.29) is 11.2 Å². The molecule has 1 atom stereocenters. The number of aromatic nitrogens is 2. The fourth-order valence-corrected chi connectivity index (χ4v) is 4.60. The van der Waals surface area contributed by atoms with Gasteiger partial charge in [0.15, 0.2) is 0 Å². The van der Waals surface area contributed by atoms with Crippen molar-refractivity contribution in [1.82, 2.24) is 9.97 Å². The van der Waals surface area contributed by atoms with Crippen LogP contribution in [0.25, 0.3) is 0 Å². The van der Waals surface area contributed by atoms with Gasteiger partial charge in [0.1, 0.15) is 23.5 Å². The molecular formula is C23H31N5O2. The van der Waals surface area contributed by atoms with Gasteiger partial charge in [0.2, 0.25) is 0 Å². The van der Waals surface area contributed by atoms with Crippen LogP contribution < -0.4 is 21.1 Å². The Bertz CT molecular complexity index is 914. The van der Waals surface area contributed by atoms with Crippen LogP contribution in [0, 0.1) is 0 Å². The normalized spacial score (nSPS) is 22.8. The van der Waals surface area contributed by atoms with Crippen molar-refractivity contribution in [1.29, 1.82) is 0 Å². The summed E-state index contributed by atoms with van der Waals surface area (Å²) in [6.45, 7) is 4.90. The third kappa shape index (κ3) is 3.84. The molecule has 30 heavy (non-hydrogen) atoms. The second kappa shape index (κ2) is 7.39. The standard InChI is InChI=1S/C23H31N5O2/c1-22(6-7-22)30-16-3-4-18(24)17(13-16)21(25)19-14-20(27-15-26-19)28-10-8-23(9-11-28)5-2-12-29-23/h3-4,13-15,21H,2,5-12,24-25H2,1H3. The minimum atomic E-state index is -0.434. The Morgan fingerprint density at radius 1 is 1.10 bits per heavy atom. The Labute approximate surface area is 177 Å². The van der Waals surface area contributed by atoms with Gasteiger partial charge in [-0.15, -0.1) is 0 Å². The quantitative estimate of drug-likeness (QED) is 0.732. The number of benzene rings is 1. The van der Waals surface area contributed by atoms with Crippen LogP contribution in [0.3, 0.4) is 0 Å². The molecule has 4 N–H and O–H groups in total. The number of nitrogen functional groups attached to an aromatic ring is 1. The summed E-state index contributed by atoms with van der Waals surface area (Å²) >= 11 is 0. The number of nitrogens with zero attached hydrogens (tertiary/aromatic N) is 3. The topological polar surface area (TPSA) is 99.5 Å². The van der Waals surface area contributed by atoms with Crippen LogP contribution >= 0.6 is 0 Å². The minimum absolute atomic E-state index is 0.0474. The summed E-state index contributed by atoms with van der Waals surface area (Å²) in [4.78, 5) is 11.3. The van der Waals surface area contributed by atoms with Crippen molar-refractivity contribution in [2.75, 3.05) is 30.3 Å². The van der Waals surface area contributed by atoms with E-state index in [2.05, 4.69) is 21.8 Å². The smallest absolute Gasteiger partial charge is 0.132 e. The Hall–Kier alpha value is -2.38. The molecule has 3 heterocycles. The summed E-state index contributed by atoms with van der Waals surface area (Å²) in [5.74, 6) is 1.72. The lowest BCUT2D eigenvalue weighted by Gasteiger charge is -2.39. The Balaban J connectivity index is 1.33. The molecule has 3 aliphatic rings. The summed E-state index contributed by atoms with van der Waals surface area (Å²) in [6, 6.07) is 7.29. The molecular weight excluding hydrogens is 378 g/mol. The molecule has 7 heteroatoms. The first-order chi connectivity index (χ1) is 14.5. The first-order valence-electron chi connectivity index (χ1n) is 11.0. The number of hydrogen-bond acceptors (Lipinski definition) is 7. The second-order valence-electron chi connectivity index (χ2n) is 9.24. The molecule has 2 aliphatic heterocycles. The molecule has 3 fully saturated rings. The zero-order valence-corrected chi connectivity index (χ0v) is 17.6. The zero-order chi connectivity index (χ0) is 20.8. The molecule has 2 saturated heterocycles. The van der Waals surface area contributed by atoms with E-state index in [1.807, 2.05) is 24.3 Å². The van der Waals surface area contributed by atoms with E-state index in [9.17, 15) is 0 Å². The van der Waals surface area contributed by atoms with E-state index < -0.39 is 6.04 Å². The molecule has 0 bridgehead atoms. The maximum atomic E-state index is 6.59. The van der Waals surface area contributed by atoms with Crippen molar-refractivity contribution in [3.8, 4) is 5.75 Å². The Kier molecular flexibility index (Phi) is 4.82. The Morgan fingerprint density at radius 2 is 1.90 bits per heavy atom. The van der Waals surface area contributed by atoms with Crippen molar-refractivity contribution in [3.05, 3.63) is 41.9 Å². The number of rotatable bonds is 5. The van der Waals surface area contributed by atoms with E-state index in [1.54, 1.807) is 6.33 Å². The average Bonchev–Trinajstić information content (AvgIpc) is 3.31. The summed E-state index contributed by atoms with van der Waals surface area (Å²) in [5, 5.41) is 0. The lowest BCUT2D eigenvalue weighted by Crippen LogP contribution is -2.44. The SMILES string of the molecule is CC1(Oc2ccc(N)c(C(N)c3cc(N4CCC5(CCCO5)CC4)ncn3)c2)CC1. The third-order valence-corrected chi connectivity index (χ3v) is 6.89. The first-order valence-corrected chi connectivity index (χ1v) is 11.0. The highest BCUT2D eigenvalue weighted by atomic mass is 16.5. The second-order valence-corrected chi connectivity index (χ2v) is 9.24. The van der Waals surface area contributed by atoms with Crippen molar-refractivity contribution in [3.63, 3.8) is 0 Å². The third-order valence-electron chi connectivity index (χ3n) is 6.89. The van der Waals surface area contributed by atoms with E-state index in [0.29, 0.717) is 5.69 Å². The fourth-order valence-electron chi connectivity index (χ4n) is 4.60. The number of hydrogen-bond donors (Lipinski definition) is 2. The predicted octanol–water partition coefficient (Wildman–Crippen LogP) is 3.19. The highest BCUT2D eigenvalue weighted by Crippen LogP contribution is 2.41. The van der Waals surface area contributed by atoms with Crippen LogP contribution in [0.15, 0.2) is 30.6 Å². The van der Waals surface area contributed by atoms with Crippen LogP contribution in [0.1, 0.15) is 62.7 Å². The summed E-state index contributed by atoms with van der Waals surface area (Å²) < 4.78 is 12.1. The molecule has 1 aliphatic carbocycles. The van der Waals surface area contributed by atoms with E-state index in [4.69, 9.17) is 20.9 Å². The summed E-state index contributed by atoms with van der Waals surface area (Å²) in [6.07, 6.45) is 8.20. The lowest BCUT2D eigenvalue weighted by molar-refractivity contribution is -0.0147. The number of nitrogens with two attached hydrogens (primary N) is 2. The molecule has 5 rings (SSSR count). The van der Waals surface area contributed by atoms with Gasteiger partial charge in [-0.3, -0.25) is 0 Å². The number of piperidine rings is 1. The maximum absolute atomic E-state index is 6.59. The van der Waals surface area contributed by atoms with Crippen molar-refractivity contribution in [2.45, 2.75) is 62.7 Å². The van der Waals surface area contributed by atoms with Gasteiger partial charge in [0.25, 0.3) is 0 Å². The first kappa shape index (κ1) is 19.6. The Morgan fingerprint density at radius 3 is 2.60 bits per heavy atom. The molecule has 1 aromatic heterocycles. The van der Waals surface area contributed by atoms with Crippen molar-refractivity contribution >= 4 is 11.5 Å². The molecule has 1 spiro atoms. The van der Waals surface area contributed by atoms with E-state index in [1.165, 1.54) is 12.8 Å². The maximum Gasteiger partial charge on any atom is 0.132 e. The summed E-state index contributed by atoms with van der Waals surface area (Å²) in [5.41, 5.74) is 15.1. The van der Waals surface area contributed by atoms with Crippen molar-refractivity contribution < 1.29 is 9.47 Å². The van der Waals surface area contributed by atoms with Crippen LogP contribution in [0.5, 0.6) is 5.75 Å². The van der Waals surface area contributed by atoms with Gasteiger partial charge in [-0.25, -0.2) is 9.97 Å². The van der Waals surface area contributed by atoms with Crippen molar-refractivity contribution in [2.24, 2.45) is 5.73 Å². The highest BCUT2D eigenvalue weighted by molar-refractivity contribution is 5.55. The predicted molar refractivity (Wildman–Crippen MR) is 117 cm³/mol. The molecule has 2 aromatic rings. The number of anilines is 2. The molecule has 0 amide bonds. The summed E-state index contributed by atoms with van der Waals surface area (Å²) in [7, 11) is 0. The molecule has 1 aromatic carbocycles. The van der Waals surface area contributed by atoms with Crippen LogP contribution in [-0.4, -0.2) is 40.9 Å². The zero-order valence-electron chi connectivity index (χ0n) is 17.6.